The van der Waals surface area contributed by atoms with Crippen LogP contribution in [0, 0.1) is 6.92 Å². The lowest BCUT2D eigenvalue weighted by atomic mass is 10.2. The molecule has 1 aromatic rings. The van der Waals surface area contributed by atoms with Crippen LogP contribution in [0.15, 0.2) is 37.6 Å². The van der Waals surface area contributed by atoms with E-state index < -0.39 is 0 Å². The predicted molar refractivity (Wildman–Crippen MR) is 74.4 cm³/mol. The summed E-state index contributed by atoms with van der Waals surface area (Å²) in [7, 11) is 3.96. The number of nitrogens with one attached hydrogen (secondary N) is 1. The summed E-state index contributed by atoms with van der Waals surface area (Å²) < 4.78 is 0. The van der Waals surface area contributed by atoms with Gasteiger partial charge in [-0.15, -0.1) is 0 Å². The molecule has 0 aromatic carbocycles. The molecule has 0 spiro atoms. The Labute approximate surface area is 103 Å². The van der Waals surface area contributed by atoms with Crippen LogP contribution in [-0.4, -0.2) is 29.0 Å². The molecular weight excluding hydrogens is 210 g/mol. The van der Waals surface area contributed by atoms with Crippen molar-refractivity contribution in [2.45, 2.75) is 6.92 Å². The van der Waals surface area contributed by atoms with E-state index >= 15 is 0 Å². The summed E-state index contributed by atoms with van der Waals surface area (Å²) in [6.07, 6.45) is 9.32. The van der Waals surface area contributed by atoms with E-state index in [1.807, 2.05) is 44.3 Å². The standard InChI is InChI=1S/C14H19N3/c1-6-8-12(7-2)14-15-11(3)13(16-14)9-10-17(4)5/h6-10H,1-2H2,3-5H3,(H,15,16)/b10-9-,12-8+. The fourth-order valence-corrected chi connectivity index (χ4v) is 1.36. The summed E-state index contributed by atoms with van der Waals surface area (Å²) in [5.41, 5.74) is 2.91. The quantitative estimate of drug-likeness (QED) is 0.787. The lowest BCUT2D eigenvalue weighted by Gasteiger charge is -2.01. The van der Waals surface area contributed by atoms with Gasteiger partial charge in [0.15, 0.2) is 0 Å². The molecule has 0 radical (unpaired) electrons. The molecular formula is C14H19N3. The fraction of sp³-hybridized carbons (Fsp3) is 0.214. The van der Waals surface area contributed by atoms with Crippen molar-refractivity contribution in [3.8, 4) is 0 Å². The highest BCUT2D eigenvalue weighted by Gasteiger charge is 2.05. The van der Waals surface area contributed by atoms with Crippen LogP contribution in [-0.2, 0) is 0 Å². The molecule has 1 aromatic heterocycles. The van der Waals surface area contributed by atoms with Crippen molar-refractivity contribution in [1.29, 1.82) is 0 Å². The predicted octanol–water partition coefficient (Wildman–Crippen LogP) is 3.01. The summed E-state index contributed by atoms with van der Waals surface area (Å²) in [5, 5.41) is 0. The van der Waals surface area contributed by atoms with Gasteiger partial charge in [0.2, 0.25) is 0 Å². The second-order valence-corrected chi connectivity index (χ2v) is 3.94. The van der Waals surface area contributed by atoms with Gasteiger partial charge < -0.3 is 9.88 Å². The lowest BCUT2D eigenvalue weighted by Crippen LogP contribution is -1.99. The zero-order chi connectivity index (χ0) is 12.8. The van der Waals surface area contributed by atoms with E-state index in [2.05, 4.69) is 23.1 Å². The molecule has 0 atom stereocenters. The molecule has 1 heterocycles. The summed E-state index contributed by atoms with van der Waals surface area (Å²) in [5.74, 6) is 0.816. The van der Waals surface area contributed by atoms with Gasteiger partial charge in [-0.3, -0.25) is 0 Å². The topological polar surface area (TPSA) is 31.9 Å². The maximum Gasteiger partial charge on any atom is 0.138 e. The molecule has 0 unspecified atom stereocenters. The Morgan fingerprint density at radius 3 is 2.59 bits per heavy atom. The van der Waals surface area contributed by atoms with Gasteiger partial charge in [0, 0.05) is 31.6 Å². The molecule has 0 saturated carbocycles. The van der Waals surface area contributed by atoms with Gasteiger partial charge in [0.05, 0.1) is 5.69 Å². The number of hydrogen-bond acceptors (Lipinski definition) is 2. The molecule has 0 aliphatic carbocycles. The van der Waals surface area contributed by atoms with Gasteiger partial charge in [-0.1, -0.05) is 31.4 Å². The smallest absolute Gasteiger partial charge is 0.138 e. The largest absolute Gasteiger partial charge is 0.383 e. The minimum Gasteiger partial charge on any atom is -0.383 e. The first-order chi connectivity index (χ1) is 8.08. The molecule has 0 aliphatic rings. The second-order valence-electron chi connectivity index (χ2n) is 3.94. The minimum atomic E-state index is 0.816. The van der Waals surface area contributed by atoms with Crippen LogP contribution in [0.3, 0.4) is 0 Å². The van der Waals surface area contributed by atoms with Crippen LogP contribution in [0.5, 0.6) is 0 Å². The van der Waals surface area contributed by atoms with Crippen molar-refractivity contribution < 1.29 is 0 Å². The van der Waals surface area contributed by atoms with Crippen molar-refractivity contribution in [2.24, 2.45) is 0 Å². The van der Waals surface area contributed by atoms with Gasteiger partial charge in [0.25, 0.3) is 0 Å². The van der Waals surface area contributed by atoms with Gasteiger partial charge in [-0.05, 0) is 13.0 Å². The van der Waals surface area contributed by atoms with E-state index in [4.69, 9.17) is 0 Å². The number of allylic oxidation sites excluding steroid dienone is 4. The minimum absolute atomic E-state index is 0.816. The number of aromatic amines is 1. The van der Waals surface area contributed by atoms with E-state index in [1.165, 1.54) is 0 Å². The van der Waals surface area contributed by atoms with E-state index in [1.54, 1.807) is 12.2 Å². The molecule has 0 bridgehead atoms. The van der Waals surface area contributed by atoms with Crippen molar-refractivity contribution >= 4 is 11.6 Å². The van der Waals surface area contributed by atoms with Gasteiger partial charge in [-0.25, -0.2) is 4.98 Å². The van der Waals surface area contributed by atoms with Crippen LogP contribution in [0.4, 0.5) is 0 Å². The number of rotatable bonds is 5. The third kappa shape index (κ3) is 3.48. The first-order valence-electron chi connectivity index (χ1n) is 5.45. The Kier molecular flexibility index (Phi) is 4.52. The average Bonchev–Trinajstić information content (AvgIpc) is 2.64. The zero-order valence-electron chi connectivity index (χ0n) is 10.7. The highest BCUT2D eigenvalue weighted by atomic mass is 15.0. The monoisotopic (exact) mass is 229 g/mol. The van der Waals surface area contributed by atoms with E-state index in [0.717, 1.165) is 22.8 Å². The van der Waals surface area contributed by atoms with Crippen LogP contribution >= 0.6 is 0 Å². The molecule has 17 heavy (non-hydrogen) atoms. The fourth-order valence-electron chi connectivity index (χ4n) is 1.36. The number of nitrogens with zero attached hydrogens (tertiary/aromatic N) is 2. The van der Waals surface area contributed by atoms with Crippen molar-refractivity contribution in [2.75, 3.05) is 14.1 Å². The number of H-pyrrole nitrogens is 1. The van der Waals surface area contributed by atoms with Crippen LogP contribution < -0.4 is 0 Å². The second kappa shape index (κ2) is 5.89. The lowest BCUT2D eigenvalue weighted by molar-refractivity contribution is 0.567. The SMILES string of the molecule is C=C/C=C(\C=C)c1nc(/C=C\N(C)C)c(C)[nH]1. The van der Waals surface area contributed by atoms with Crippen molar-refractivity contribution in [3.63, 3.8) is 0 Å². The van der Waals surface area contributed by atoms with Crippen molar-refractivity contribution in [3.05, 3.63) is 54.8 Å². The molecule has 3 nitrogen and oxygen atoms in total. The summed E-state index contributed by atoms with van der Waals surface area (Å²) >= 11 is 0. The molecule has 0 aliphatic heterocycles. The van der Waals surface area contributed by atoms with Gasteiger partial charge in [0.1, 0.15) is 5.82 Å². The van der Waals surface area contributed by atoms with E-state index in [0.29, 0.717) is 0 Å². The Balaban J connectivity index is 3.06. The van der Waals surface area contributed by atoms with Crippen LogP contribution in [0.2, 0.25) is 0 Å². The zero-order valence-corrected chi connectivity index (χ0v) is 10.7. The summed E-state index contributed by atoms with van der Waals surface area (Å²) in [6.45, 7) is 9.44. The normalized spacial score (nSPS) is 11.8. The Morgan fingerprint density at radius 1 is 1.35 bits per heavy atom. The Morgan fingerprint density at radius 2 is 2.06 bits per heavy atom. The Hall–Kier alpha value is -2.03. The van der Waals surface area contributed by atoms with Crippen LogP contribution in [0.25, 0.3) is 11.6 Å². The summed E-state index contributed by atoms with van der Waals surface area (Å²) in [4.78, 5) is 9.73. The first-order valence-corrected chi connectivity index (χ1v) is 5.45. The molecule has 1 N–H and O–H groups in total. The van der Waals surface area contributed by atoms with Crippen molar-refractivity contribution in [1.82, 2.24) is 14.9 Å². The number of hydrogen-bond donors (Lipinski definition) is 1. The molecule has 3 heteroatoms. The first kappa shape index (κ1) is 13.0. The number of aromatic nitrogens is 2. The third-order valence-electron chi connectivity index (χ3n) is 2.24. The van der Waals surface area contributed by atoms with Gasteiger partial charge in [-0.2, -0.15) is 0 Å². The number of imidazole rings is 1. The summed E-state index contributed by atoms with van der Waals surface area (Å²) in [6, 6.07) is 0. The van der Waals surface area contributed by atoms with Crippen LogP contribution in [0.1, 0.15) is 17.2 Å². The highest BCUT2D eigenvalue weighted by molar-refractivity contribution is 5.71. The molecule has 0 fully saturated rings. The van der Waals surface area contributed by atoms with E-state index in [-0.39, 0.29) is 0 Å². The molecule has 90 valence electrons. The van der Waals surface area contributed by atoms with E-state index in [9.17, 15) is 0 Å². The highest BCUT2D eigenvalue weighted by Crippen LogP contribution is 2.15. The maximum atomic E-state index is 4.52. The molecule has 0 saturated heterocycles. The third-order valence-corrected chi connectivity index (χ3v) is 2.24. The van der Waals surface area contributed by atoms with Gasteiger partial charge >= 0.3 is 0 Å². The Bertz CT molecular complexity index is 462. The number of aryl methyl sites for hydroxylation is 1. The molecule has 0 amide bonds. The molecule has 1 rings (SSSR count). The average molecular weight is 229 g/mol. The maximum absolute atomic E-state index is 4.52.